The number of pyridine rings is 1. The second-order valence-corrected chi connectivity index (χ2v) is 6.49. The summed E-state index contributed by atoms with van der Waals surface area (Å²) < 4.78 is 0. The number of nitriles is 1. The van der Waals surface area contributed by atoms with Gasteiger partial charge in [0.25, 0.3) is 0 Å². The van der Waals surface area contributed by atoms with Crippen molar-refractivity contribution in [3.63, 3.8) is 0 Å². The summed E-state index contributed by atoms with van der Waals surface area (Å²) in [6.07, 6.45) is 5.90. The highest BCUT2D eigenvalue weighted by molar-refractivity contribution is 5.99. The van der Waals surface area contributed by atoms with E-state index in [0.29, 0.717) is 12.0 Å². The third-order valence-corrected chi connectivity index (χ3v) is 4.62. The van der Waals surface area contributed by atoms with Gasteiger partial charge < -0.3 is 5.32 Å². The number of carbonyl (C=O) groups is 1. The SMILES string of the molecule is N#Cc1cccc(CCc2cncc(-c3ccc4c(c3)NC(=O)C4)c2)c1. The number of aromatic nitrogens is 1. The van der Waals surface area contributed by atoms with Crippen molar-refractivity contribution in [3.8, 4) is 17.2 Å². The van der Waals surface area contributed by atoms with E-state index in [0.717, 1.165) is 46.3 Å². The standard InChI is InChI=1S/C22H17N3O/c23-12-16-3-1-2-15(8-16)4-5-17-9-20(14-24-13-17)18-6-7-19-11-22(26)25-21(19)10-18/h1-3,6-10,13-14H,4-5,11H2,(H,25,26). The summed E-state index contributed by atoms with van der Waals surface area (Å²) in [4.78, 5) is 15.9. The third-order valence-electron chi connectivity index (χ3n) is 4.62. The molecule has 0 spiro atoms. The first-order chi connectivity index (χ1) is 12.7. The second-order valence-electron chi connectivity index (χ2n) is 6.49. The van der Waals surface area contributed by atoms with Gasteiger partial charge in [-0.3, -0.25) is 9.78 Å². The monoisotopic (exact) mass is 339 g/mol. The van der Waals surface area contributed by atoms with E-state index in [1.807, 2.05) is 54.9 Å². The molecule has 1 aliphatic heterocycles. The summed E-state index contributed by atoms with van der Waals surface area (Å²) in [5.74, 6) is 0.0450. The fourth-order valence-electron chi connectivity index (χ4n) is 3.26. The number of hydrogen-bond donors (Lipinski definition) is 1. The molecule has 0 saturated heterocycles. The van der Waals surface area contributed by atoms with Gasteiger partial charge in [0.1, 0.15) is 0 Å². The van der Waals surface area contributed by atoms with Crippen molar-refractivity contribution < 1.29 is 4.79 Å². The zero-order valence-corrected chi connectivity index (χ0v) is 14.2. The Hall–Kier alpha value is -3.45. The number of hydrogen-bond acceptors (Lipinski definition) is 3. The van der Waals surface area contributed by atoms with Crippen LogP contribution in [0.3, 0.4) is 0 Å². The zero-order chi connectivity index (χ0) is 17.9. The lowest BCUT2D eigenvalue weighted by molar-refractivity contribution is -0.115. The van der Waals surface area contributed by atoms with Crippen molar-refractivity contribution >= 4 is 11.6 Å². The highest BCUT2D eigenvalue weighted by Gasteiger charge is 2.17. The maximum atomic E-state index is 11.5. The van der Waals surface area contributed by atoms with E-state index in [2.05, 4.69) is 22.4 Å². The number of amides is 1. The van der Waals surface area contributed by atoms with Crippen molar-refractivity contribution in [1.29, 1.82) is 5.26 Å². The molecule has 4 heteroatoms. The van der Waals surface area contributed by atoms with E-state index in [1.54, 1.807) is 0 Å². The molecule has 1 amide bonds. The Morgan fingerprint density at radius 2 is 1.88 bits per heavy atom. The molecule has 0 bridgehead atoms. The summed E-state index contributed by atoms with van der Waals surface area (Å²) in [7, 11) is 0. The van der Waals surface area contributed by atoms with E-state index < -0.39 is 0 Å². The van der Waals surface area contributed by atoms with Crippen LogP contribution in [-0.2, 0) is 24.1 Å². The van der Waals surface area contributed by atoms with Crippen LogP contribution in [0.15, 0.2) is 60.9 Å². The van der Waals surface area contributed by atoms with E-state index >= 15 is 0 Å². The number of carbonyl (C=O) groups excluding carboxylic acids is 1. The first-order valence-corrected chi connectivity index (χ1v) is 8.57. The number of fused-ring (bicyclic) bond motifs is 1. The molecule has 0 unspecified atom stereocenters. The van der Waals surface area contributed by atoms with E-state index in [1.165, 1.54) is 0 Å². The molecular weight excluding hydrogens is 322 g/mol. The van der Waals surface area contributed by atoms with Crippen LogP contribution >= 0.6 is 0 Å². The highest BCUT2D eigenvalue weighted by Crippen LogP contribution is 2.29. The molecule has 1 N–H and O–H groups in total. The Bertz CT molecular complexity index is 1030. The predicted octanol–water partition coefficient (Wildman–Crippen LogP) is 3.90. The number of rotatable bonds is 4. The van der Waals surface area contributed by atoms with Crippen LogP contribution in [0, 0.1) is 11.3 Å². The van der Waals surface area contributed by atoms with Crippen molar-refractivity contribution in [2.75, 3.05) is 5.32 Å². The molecule has 1 aromatic heterocycles. The molecule has 3 aromatic rings. The van der Waals surface area contributed by atoms with Crippen LogP contribution < -0.4 is 5.32 Å². The molecule has 4 rings (SSSR count). The average molecular weight is 339 g/mol. The minimum atomic E-state index is 0.0450. The topological polar surface area (TPSA) is 65.8 Å². The maximum absolute atomic E-state index is 11.5. The molecule has 1 aliphatic rings. The highest BCUT2D eigenvalue weighted by atomic mass is 16.1. The Kier molecular flexibility index (Phi) is 4.20. The number of nitrogens with one attached hydrogen (secondary N) is 1. The zero-order valence-electron chi connectivity index (χ0n) is 14.2. The summed E-state index contributed by atoms with van der Waals surface area (Å²) in [6.45, 7) is 0. The molecule has 0 fully saturated rings. The fraction of sp³-hybridized carbons (Fsp3) is 0.136. The first-order valence-electron chi connectivity index (χ1n) is 8.57. The lowest BCUT2D eigenvalue weighted by atomic mass is 10.00. The molecule has 2 aromatic carbocycles. The van der Waals surface area contributed by atoms with Crippen LogP contribution in [0.25, 0.3) is 11.1 Å². The Morgan fingerprint density at radius 1 is 1.00 bits per heavy atom. The number of aryl methyl sites for hydroxylation is 2. The minimum Gasteiger partial charge on any atom is -0.326 e. The van der Waals surface area contributed by atoms with E-state index in [9.17, 15) is 4.79 Å². The van der Waals surface area contributed by atoms with Crippen LogP contribution in [0.1, 0.15) is 22.3 Å². The average Bonchev–Trinajstić information content (AvgIpc) is 3.06. The number of anilines is 1. The molecule has 0 atom stereocenters. The summed E-state index contributed by atoms with van der Waals surface area (Å²) in [5, 5.41) is 11.9. The second kappa shape index (κ2) is 6.81. The van der Waals surface area contributed by atoms with Gasteiger partial charge in [-0.05, 0) is 59.4 Å². The van der Waals surface area contributed by atoms with Crippen molar-refractivity contribution in [2.45, 2.75) is 19.3 Å². The van der Waals surface area contributed by atoms with Gasteiger partial charge >= 0.3 is 0 Å². The van der Waals surface area contributed by atoms with Crippen molar-refractivity contribution in [2.24, 2.45) is 0 Å². The van der Waals surface area contributed by atoms with Gasteiger partial charge in [-0.15, -0.1) is 0 Å². The first kappa shape index (κ1) is 16.0. The smallest absolute Gasteiger partial charge is 0.228 e. The summed E-state index contributed by atoms with van der Waals surface area (Å²) >= 11 is 0. The third kappa shape index (κ3) is 3.33. The lowest BCUT2D eigenvalue weighted by Crippen LogP contribution is -2.03. The Balaban J connectivity index is 1.53. The normalized spacial score (nSPS) is 12.3. The molecule has 126 valence electrons. The van der Waals surface area contributed by atoms with Gasteiger partial charge in [-0.25, -0.2) is 0 Å². The Morgan fingerprint density at radius 3 is 2.77 bits per heavy atom. The largest absolute Gasteiger partial charge is 0.326 e. The Labute approximate surface area is 152 Å². The van der Waals surface area contributed by atoms with Gasteiger partial charge in [0.05, 0.1) is 18.1 Å². The molecule has 4 nitrogen and oxygen atoms in total. The predicted molar refractivity (Wildman–Crippen MR) is 101 cm³/mol. The van der Waals surface area contributed by atoms with E-state index in [-0.39, 0.29) is 5.91 Å². The lowest BCUT2D eigenvalue weighted by Gasteiger charge is -2.07. The molecule has 0 saturated carbocycles. The number of nitrogens with zero attached hydrogens (tertiary/aromatic N) is 2. The van der Waals surface area contributed by atoms with Crippen molar-refractivity contribution in [1.82, 2.24) is 4.98 Å². The van der Waals surface area contributed by atoms with Crippen LogP contribution in [0.4, 0.5) is 5.69 Å². The minimum absolute atomic E-state index is 0.0450. The van der Waals surface area contributed by atoms with Gasteiger partial charge in [0.2, 0.25) is 5.91 Å². The summed E-state index contributed by atoms with van der Waals surface area (Å²) in [5.41, 5.74) is 7.01. The molecule has 26 heavy (non-hydrogen) atoms. The van der Waals surface area contributed by atoms with Crippen LogP contribution in [0.5, 0.6) is 0 Å². The maximum Gasteiger partial charge on any atom is 0.228 e. The quantitative estimate of drug-likeness (QED) is 0.784. The van der Waals surface area contributed by atoms with Gasteiger partial charge in [-0.2, -0.15) is 5.26 Å². The van der Waals surface area contributed by atoms with E-state index in [4.69, 9.17) is 5.26 Å². The molecule has 2 heterocycles. The van der Waals surface area contributed by atoms with Crippen LogP contribution in [0.2, 0.25) is 0 Å². The summed E-state index contributed by atoms with van der Waals surface area (Å²) in [6, 6.07) is 18.1. The number of benzene rings is 2. The van der Waals surface area contributed by atoms with Gasteiger partial charge in [0.15, 0.2) is 0 Å². The fourth-order valence-corrected chi connectivity index (χ4v) is 3.26. The van der Waals surface area contributed by atoms with Crippen molar-refractivity contribution in [3.05, 3.63) is 83.2 Å². The van der Waals surface area contributed by atoms with Gasteiger partial charge in [-0.1, -0.05) is 24.3 Å². The van der Waals surface area contributed by atoms with Crippen LogP contribution in [-0.4, -0.2) is 10.9 Å². The molecule has 0 aliphatic carbocycles. The van der Waals surface area contributed by atoms with Gasteiger partial charge in [0, 0.05) is 23.6 Å². The molecule has 0 radical (unpaired) electrons. The molecular formula is C22H17N3O.